The molecule has 0 saturated heterocycles. The molecule has 3 atom stereocenters. The van der Waals surface area contributed by atoms with Gasteiger partial charge in [-0.3, -0.25) is 19.8 Å². The molecule has 11 nitrogen and oxygen atoms in total. The number of nitrogen functional groups attached to an aromatic ring is 1. The van der Waals surface area contributed by atoms with Crippen molar-refractivity contribution >= 4 is 58.1 Å². The number of carbonyl (C=O) groups excluding carboxylic acids is 1. The second-order valence-electron chi connectivity index (χ2n) is 9.92. The van der Waals surface area contributed by atoms with E-state index in [0.717, 1.165) is 22.0 Å². The second kappa shape index (κ2) is 11.4. The highest BCUT2D eigenvalue weighted by atomic mass is 35.5. The van der Waals surface area contributed by atoms with Gasteiger partial charge in [-0.1, -0.05) is 59.6 Å². The zero-order chi connectivity index (χ0) is 29.3. The van der Waals surface area contributed by atoms with Gasteiger partial charge < -0.3 is 11.1 Å². The van der Waals surface area contributed by atoms with Crippen molar-refractivity contribution in [1.82, 2.24) is 40.6 Å². The Morgan fingerprint density at radius 2 is 2.02 bits per heavy atom. The van der Waals surface area contributed by atoms with Crippen molar-refractivity contribution in [3.05, 3.63) is 101 Å². The number of nitrogens with two attached hydrogens (primary N) is 1. The van der Waals surface area contributed by atoms with E-state index in [1.165, 1.54) is 17.1 Å². The third-order valence-corrected chi connectivity index (χ3v) is 7.74. The fraction of sp³-hybridized carbons (Fsp3) is 0.172. The third kappa shape index (κ3) is 5.62. The fourth-order valence-electron chi connectivity index (χ4n) is 4.99. The van der Waals surface area contributed by atoms with Gasteiger partial charge in [0.15, 0.2) is 10.8 Å². The van der Waals surface area contributed by atoms with Crippen molar-refractivity contribution < 1.29 is 4.79 Å². The van der Waals surface area contributed by atoms with Gasteiger partial charge in [0, 0.05) is 35.3 Å². The number of nitrogens with one attached hydrogen (secondary N) is 2. The Kier molecular flexibility index (Phi) is 7.46. The van der Waals surface area contributed by atoms with Crippen molar-refractivity contribution in [2.45, 2.75) is 23.6 Å². The van der Waals surface area contributed by atoms with E-state index < -0.39 is 17.2 Å². The van der Waals surface area contributed by atoms with Crippen LogP contribution in [0.15, 0.2) is 84.1 Å². The lowest BCUT2D eigenvalue weighted by molar-refractivity contribution is -0.117. The van der Waals surface area contributed by atoms with E-state index in [1.54, 1.807) is 35.2 Å². The number of aryl methyl sites for hydroxylation is 1. The third-order valence-electron chi connectivity index (χ3n) is 7.08. The molecule has 0 saturated carbocycles. The maximum absolute atomic E-state index is 13.3. The number of rotatable bonds is 8. The van der Waals surface area contributed by atoms with Crippen molar-refractivity contribution in [3.63, 3.8) is 0 Å². The van der Waals surface area contributed by atoms with Crippen LogP contribution < -0.4 is 16.4 Å². The second-order valence-corrected chi connectivity index (χ2v) is 10.9. The molecule has 3 heterocycles. The van der Waals surface area contributed by atoms with Crippen molar-refractivity contribution in [2.24, 2.45) is 12.0 Å². The average molecular weight is 602 g/mol. The standard InChI is InChI=1S/C29H26Cl2N10O/c1-40-25-15-20(8-10-22(25)27(32)37-40)29(31)16-33-28(36-29)23(13-18-5-3-2-4-6-18)35-26(42)12-7-19-14-21(30)9-11-24(19)41-17-34-38-39-41/h2-12,14-17,23,28,36H,13H2,1H3,(H2,32,37)(H,35,42)/t23-,28?,29?/m0/s1. The predicted octanol–water partition coefficient (Wildman–Crippen LogP) is 3.62. The Morgan fingerprint density at radius 1 is 1.19 bits per heavy atom. The first kappa shape index (κ1) is 27.6. The highest BCUT2D eigenvalue weighted by molar-refractivity contribution is 6.32. The molecule has 0 bridgehead atoms. The summed E-state index contributed by atoms with van der Waals surface area (Å²) in [6.45, 7) is 0. The van der Waals surface area contributed by atoms with Gasteiger partial charge in [0.1, 0.15) is 12.5 Å². The number of anilines is 1. The molecule has 1 aliphatic rings. The van der Waals surface area contributed by atoms with Crippen LogP contribution in [0.1, 0.15) is 16.7 Å². The molecule has 2 unspecified atom stereocenters. The highest BCUT2D eigenvalue weighted by Gasteiger charge is 2.39. The number of amides is 1. The van der Waals surface area contributed by atoms with Crippen LogP contribution in [0, 0.1) is 0 Å². The quantitative estimate of drug-likeness (QED) is 0.140. The number of carbonyl (C=O) groups is 1. The van der Waals surface area contributed by atoms with Crippen LogP contribution >= 0.6 is 23.2 Å². The van der Waals surface area contributed by atoms with Gasteiger partial charge in [-0.25, -0.2) is 0 Å². The number of aliphatic imine (C=N–C) groups is 1. The van der Waals surface area contributed by atoms with Gasteiger partial charge in [0.05, 0.1) is 17.2 Å². The highest BCUT2D eigenvalue weighted by Crippen LogP contribution is 2.33. The van der Waals surface area contributed by atoms with E-state index in [2.05, 4.69) is 31.3 Å². The van der Waals surface area contributed by atoms with Crippen molar-refractivity contribution in [1.29, 1.82) is 0 Å². The summed E-state index contributed by atoms with van der Waals surface area (Å²) >= 11 is 13.3. The monoisotopic (exact) mass is 600 g/mol. The molecule has 3 aromatic carbocycles. The van der Waals surface area contributed by atoms with E-state index in [4.69, 9.17) is 33.9 Å². The minimum atomic E-state index is -1.09. The Hall–Kier alpha value is -4.58. The predicted molar refractivity (Wildman–Crippen MR) is 163 cm³/mol. The lowest BCUT2D eigenvalue weighted by atomic mass is 10.0. The Balaban J connectivity index is 1.24. The molecule has 0 aliphatic carbocycles. The smallest absolute Gasteiger partial charge is 0.244 e. The maximum Gasteiger partial charge on any atom is 0.244 e. The van der Waals surface area contributed by atoms with Crippen LogP contribution in [0.25, 0.3) is 22.7 Å². The van der Waals surface area contributed by atoms with Gasteiger partial charge in [0.2, 0.25) is 5.91 Å². The molecule has 6 rings (SSSR count). The summed E-state index contributed by atoms with van der Waals surface area (Å²) in [6, 6.07) is 20.4. The van der Waals surface area contributed by atoms with E-state index >= 15 is 0 Å². The fourth-order valence-corrected chi connectivity index (χ4v) is 5.46. The van der Waals surface area contributed by atoms with Gasteiger partial charge >= 0.3 is 0 Å². The number of nitrogens with zero attached hydrogens (tertiary/aromatic N) is 7. The van der Waals surface area contributed by atoms with Crippen molar-refractivity contribution in [3.8, 4) is 5.69 Å². The molecule has 0 spiro atoms. The first-order valence-electron chi connectivity index (χ1n) is 13.1. The van der Waals surface area contributed by atoms with E-state index in [-0.39, 0.29) is 5.91 Å². The number of hydrogen-bond acceptors (Lipinski definition) is 8. The Labute approximate surface area is 251 Å². The first-order chi connectivity index (χ1) is 20.3. The molecule has 1 aliphatic heterocycles. The van der Waals surface area contributed by atoms with Crippen LogP contribution in [-0.2, 0) is 23.3 Å². The summed E-state index contributed by atoms with van der Waals surface area (Å²) in [5.41, 5.74) is 10.1. The molecule has 4 N–H and O–H groups in total. The molecular formula is C29H26Cl2N10O. The number of alkyl halides is 1. The Morgan fingerprint density at radius 3 is 2.81 bits per heavy atom. The summed E-state index contributed by atoms with van der Waals surface area (Å²) in [7, 11) is 1.83. The van der Waals surface area contributed by atoms with Gasteiger partial charge in [-0.2, -0.15) is 9.78 Å². The molecule has 1 amide bonds. The summed E-state index contributed by atoms with van der Waals surface area (Å²) in [4.78, 5) is 16.9. The lowest BCUT2D eigenvalue weighted by Gasteiger charge is -2.27. The zero-order valence-electron chi connectivity index (χ0n) is 22.4. The number of hydrogen-bond donors (Lipinski definition) is 3. The SMILES string of the molecule is Cn1nc(N)c2ccc(C3(Cl)C=NC([C@H](Cc4ccccc4)NC(=O)C=Cc4cc(Cl)ccc4-n4cnnn4)N3)cc21. The van der Waals surface area contributed by atoms with Crippen LogP contribution in [-0.4, -0.2) is 54.3 Å². The van der Waals surface area contributed by atoms with Crippen molar-refractivity contribution in [2.75, 3.05) is 5.73 Å². The van der Waals surface area contributed by atoms with Gasteiger partial charge in [0.25, 0.3) is 0 Å². The number of tetrazole rings is 1. The molecule has 2 aromatic heterocycles. The van der Waals surface area contributed by atoms with Crippen LogP contribution in [0.3, 0.4) is 0 Å². The zero-order valence-corrected chi connectivity index (χ0v) is 23.9. The van der Waals surface area contributed by atoms with Crippen LogP contribution in [0.5, 0.6) is 0 Å². The van der Waals surface area contributed by atoms with Crippen LogP contribution in [0.2, 0.25) is 5.02 Å². The maximum atomic E-state index is 13.3. The molecular weight excluding hydrogens is 575 g/mol. The molecule has 42 heavy (non-hydrogen) atoms. The molecule has 0 radical (unpaired) electrons. The summed E-state index contributed by atoms with van der Waals surface area (Å²) in [6.07, 6.45) is 6.28. The minimum Gasteiger partial charge on any atom is -0.382 e. The van der Waals surface area contributed by atoms with E-state index in [0.29, 0.717) is 28.5 Å². The number of benzene rings is 3. The largest absolute Gasteiger partial charge is 0.382 e. The van der Waals surface area contributed by atoms with Crippen LogP contribution in [0.4, 0.5) is 5.82 Å². The lowest BCUT2D eigenvalue weighted by Crippen LogP contribution is -2.51. The molecule has 13 heteroatoms. The normalized spacial score (nSPS) is 19.1. The number of aromatic nitrogens is 6. The summed E-state index contributed by atoms with van der Waals surface area (Å²) < 4.78 is 3.22. The molecule has 212 valence electrons. The number of fused-ring (bicyclic) bond motifs is 1. The number of halogens is 2. The molecule has 5 aromatic rings. The first-order valence-corrected chi connectivity index (χ1v) is 13.8. The molecule has 0 fully saturated rings. The van der Waals surface area contributed by atoms with E-state index in [1.807, 2.05) is 55.6 Å². The van der Waals surface area contributed by atoms with Gasteiger partial charge in [-0.05, 0) is 64.4 Å². The Bertz CT molecular complexity index is 1800. The average Bonchev–Trinajstić information content (AvgIpc) is 3.73. The summed E-state index contributed by atoms with van der Waals surface area (Å²) in [5.74, 6) is 0.143. The van der Waals surface area contributed by atoms with Gasteiger partial charge in [-0.15, -0.1) is 5.10 Å². The van der Waals surface area contributed by atoms with E-state index in [9.17, 15) is 4.79 Å². The minimum absolute atomic E-state index is 0.311. The topological polar surface area (TPSA) is 141 Å². The summed E-state index contributed by atoms with van der Waals surface area (Å²) in [5, 5.41) is 23.5.